The molecule has 0 atom stereocenters. The highest BCUT2D eigenvalue weighted by molar-refractivity contribution is 9.08. The molecule has 8 heteroatoms. The highest BCUT2D eigenvalue weighted by atomic mass is 79.9. The standard InChI is InChI=1S/C36H22Br2F6/c37-19-31-29(21-9-5-11-25(15-21)35(39,40)41)17-23-7-1-3-13-27(23)33(31)34-28-14-4-2-8-24(28)18-30(32(34)20-38)22-10-6-12-26(16-22)36(42,43)44/h1-18H,19-20H2. The molecule has 0 unspecified atom stereocenters. The van der Waals surface area contributed by atoms with E-state index < -0.39 is 23.5 Å². The third-order valence-corrected chi connectivity index (χ3v) is 8.95. The Morgan fingerprint density at radius 3 is 1.20 bits per heavy atom. The summed E-state index contributed by atoms with van der Waals surface area (Å²) in [6.07, 6.45) is -9.02. The van der Waals surface area contributed by atoms with E-state index in [1.807, 2.05) is 60.7 Å². The van der Waals surface area contributed by atoms with Crippen molar-refractivity contribution >= 4 is 53.4 Å². The molecule has 0 heterocycles. The zero-order valence-corrected chi connectivity index (χ0v) is 26.0. The first-order valence-corrected chi connectivity index (χ1v) is 15.8. The topological polar surface area (TPSA) is 0 Å². The second kappa shape index (κ2) is 11.7. The minimum Gasteiger partial charge on any atom is -0.166 e. The van der Waals surface area contributed by atoms with Crippen LogP contribution in [-0.4, -0.2) is 0 Å². The van der Waals surface area contributed by atoms with Gasteiger partial charge in [0.05, 0.1) is 11.1 Å². The minimum absolute atomic E-state index is 0.322. The van der Waals surface area contributed by atoms with E-state index in [4.69, 9.17) is 0 Å². The Hall–Kier alpha value is -3.62. The molecule has 6 rings (SSSR count). The van der Waals surface area contributed by atoms with Crippen LogP contribution >= 0.6 is 31.9 Å². The second-order valence-corrected chi connectivity index (χ2v) is 11.5. The lowest BCUT2D eigenvalue weighted by Crippen LogP contribution is -2.05. The van der Waals surface area contributed by atoms with Gasteiger partial charge in [0.25, 0.3) is 0 Å². The molecule has 0 aliphatic rings. The van der Waals surface area contributed by atoms with Gasteiger partial charge in [-0.1, -0.05) is 105 Å². The van der Waals surface area contributed by atoms with Crippen molar-refractivity contribution in [2.24, 2.45) is 0 Å². The van der Waals surface area contributed by atoms with Gasteiger partial charge in [-0.15, -0.1) is 0 Å². The van der Waals surface area contributed by atoms with Gasteiger partial charge in [-0.2, -0.15) is 26.3 Å². The summed E-state index contributed by atoms with van der Waals surface area (Å²) in [5.74, 6) is 0. The van der Waals surface area contributed by atoms with Crippen molar-refractivity contribution in [3.05, 3.63) is 131 Å². The lowest BCUT2D eigenvalue weighted by Gasteiger charge is -2.23. The number of benzene rings is 6. The maximum absolute atomic E-state index is 13.8. The maximum Gasteiger partial charge on any atom is 0.416 e. The molecule has 0 spiro atoms. The molecular formula is C36H22Br2F6. The number of alkyl halides is 8. The molecule has 0 saturated carbocycles. The molecule has 0 fully saturated rings. The van der Waals surface area contributed by atoms with Crippen molar-refractivity contribution in [3.8, 4) is 33.4 Å². The fourth-order valence-corrected chi connectivity index (χ4v) is 7.04. The monoisotopic (exact) mass is 726 g/mol. The number of hydrogen-bond donors (Lipinski definition) is 0. The summed E-state index contributed by atoms with van der Waals surface area (Å²) in [5, 5.41) is 4.06. The second-order valence-electron chi connectivity index (χ2n) is 10.4. The van der Waals surface area contributed by atoms with Gasteiger partial charge in [-0.25, -0.2) is 0 Å². The van der Waals surface area contributed by atoms with Crippen LogP contribution < -0.4 is 0 Å². The predicted molar refractivity (Wildman–Crippen MR) is 173 cm³/mol. The first kappa shape index (κ1) is 30.4. The maximum atomic E-state index is 13.8. The van der Waals surface area contributed by atoms with Crippen LogP contribution in [0.15, 0.2) is 109 Å². The average Bonchev–Trinajstić information content (AvgIpc) is 3.02. The summed E-state index contributed by atoms with van der Waals surface area (Å²) in [7, 11) is 0. The third-order valence-electron chi connectivity index (χ3n) is 7.83. The van der Waals surface area contributed by atoms with E-state index in [9.17, 15) is 26.3 Å². The minimum atomic E-state index is -4.51. The first-order chi connectivity index (χ1) is 21.0. The Balaban J connectivity index is 1.76. The van der Waals surface area contributed by atoms with Crippen molar-refractivity contribution < 1.29 is 26.3 Å². The molecule has 6 aromatic carbocycles. The smallest absolute Gasteiger partial charge is 0.166 e. The number of halogens is 8. The van der Waals surface area contributed by atoms with Gasteiger partial charge >= 0.3 is 12.4 Å². The Morgan fingerprint density at radius 2 is 0.841 bits per heavy atom. The van der Waals surface area contributed by atoms with Crippen molar-refractivity contribution in [2.45, 2.75) is 23.0 Å². The first-order valence-electron chi connectivity index (χ1n) is 13.6. The average molecular weight is 728 g/mol. The molecule has 0 amide bonds. The van der Waals surface area contributed by atoms with Crippen molar-refractivity contribution in [2.75, 3.05) is 0 Å². The van der Waals surface area contributed by atoms with Gasteiger partial charge in [0.1, 0.15) is 0 Å². The van der Waals surface area contributed by atoms with Crippen LogP contribution in [-0.2, 0) is 23.0 Å². The van der Waals surface area contributed by atoms with Crippen molar-refractivity contribution in [3.63, 3.8) is 0 Å². The van der Waals surface area contributed by atoms with E-state index in [-0.39, 0.29) is 0 Å². The Bertz CT molecular complexity index is 1880. The number of hydrogen-bond acceptors (Lipinski definition) is 0. The van der Waals surface area contributed by atoms with Gasteiger partial charge < -0.3 is 0 Å². The molecule has 44 heavy (non-hydrogen) atoms. The van der Waals surface area contributed by atoms with E-state index in [1.54, 1.807) is 12.1 Å². The summed E-state index contributed by atoms with van der Waals surface area (Å²) in [5.41, 5.74) is 3.78. The van der Waals surface area contributed by atoms with Crippen LogP contribution in [0.2, 0.25) is 0 Å². The van der Waals surface area contributed by atoms with E-state index in [2.05, 4.69) is 31.9 Å². The molecule has 6 aromatic rings. The fourth-order valence-electron chi connectivity index (χ4n) is 5.87. The zero-order chi connectivity index (χ0) is 31.2. The SMILES string of the molecule is FC(F)(F)c1cccc(-c2cc3ccccc3c(-c3c(CBr)c(-c4cccc(C(F)(F)F)c4)cc4ccccc34)c2CBr)c1. The van der Waals surface area contributed by atoms with E-state index >= 15 is 0 Å². The van der Waals surface area contributed by atoms with E-state index in [1.165, 1.54) is 12.1 Å². The van der Waals surface area contributed by atoms with Crippen LogP contribution in [0, 0.1) is 0 Å². The zero-order valence-electron chi connectivity index (χ0n) is 22.8. The molecule has 0 nitrogen and oxygen atoms in total. The predicted octanol–water partition coefficient (Wildman–Crippen LogP) is 12.8. The van der Waals surface area contributed by atoms with Crippen LogP contribution in [0.5, 0.6) is 0 Å². The lowest BCUT2D eigenvalue weighted by molar-refractivity contribution is -0.138. The molecule has 222 valence electrons. The normalized spacial score (nSPS) is 12.3. The molecule has 0 bridgehead atoms. The summed E-state index contributed by atoms with van der Waals surface area (Å²) >= 11 is 7.29. The van der Waals surface area contributed by atoms with Gasteiger partial charge in [-0.05, 0) is 102 Å². The Labute approximate surface area is 266 Å². The van der Waals surface area contributed by atoms with Crippen LogP contribution in [0.3, 0.4) is 0 Å². The summed E-state index contributed by atoms with van der Waals surface area (Å²) in [4.78, 5) is 0. The molecular weight excluding hydrogens is 706 g/mol. The van der Waals surface area contributed by atoms with Crippen LogP contribution in [0.4, 0.5) is 26.3 Å². The van der Waals surface area contributed by atoms with E-state index in [0.717, 1.165) is 68.1 Å². The van der Waals surface area contributed by atoms with Gasteiger partial charge in [0.2, 0.25) is 0 Å². The molecule has 0 aliphatic carbocycles. The fraction of sp³-hybridized carbons (Fsp3) is 0.111. The largest absolute Gasteiger partial charge is 0.416 e. The molecule has 0 saturated heterocycles. The molecule has 0 aromatic heterocycles. The van der Waals surface area contributed by atoms with Crippen LogP contribution in [0.1, 0.15) is 22.3 Å². The van der Waals surface area contributed by atoms with Crippen LogP contribution in [0.25, 0.3) is 54.9 Å². The van der Waals surface area contributed by atoms with Gasteiger partial charge in [0, 0.05) is 10.7 Å². The summed E-state index contributed by atoms with van der Waals surface area (Å²) < 4.78 is 82.6. The Kier molecular flexibility index (Phi) is 8.09. The van der Waals surface area contributed by atoms with Gasteiger partial charge in [-0.3, -0.25) is 0 Å². The lowest BCUT2D eigenvalue weighted by atomic mass is 9.82. The van der Waals surface area contributed by atoms with Crippen molar-refractivity contribution in [1.29, 1.82) is 0 Å². The highest BCUT2D eigenvalue weighted by Crippen LogP contribution is 2.48. The number of fused-ring (bicyclic) bond motifs is 2. The molecule has 0 N–H and O–H groups in total. The molecule has 0 aliphatic heterocycles. The molecule has 0 radical (unpaired) electrons. The highest BCUT2D eigenvalue weighted by Gasteiger charge is 2.32. The number of rotatable bonds is 5. The Morgan fingerprint density at radius 1 is 0.455 bits per heavy atom. The van der Waals surface area contributed by atoms with E-state index in [0.29, 0.717) is 32.9 Å². The quantitative estimate of drug-likeness (QED) is 0.122. The summed E-state index contributed by atoms with van der Waals surface area (Å²) in [6.45, 7) is 0. The third kappa shape index (κ3) is 5.54. The summed E-state index contributed by atoms with van der Waals surface area (Å²) in [6, 6.07) is 29.7. The van der Waals surface area contributed by atoms with Crippen molar-refractivity contribution in [1.82, 2.24) is 0 Å². The van der Waals surface area contributed by atoms with Gasteiger partial charge in [0.15, 0.2) is 0 Å².